The summed E-state index contributed by atoms with van der Waals surface area (Å²) in [4.78, 5) is 0. The molecule has 0 aliphatic heterocycles. The van der Waals surface area contributed by atoms with E-state index in [1.165, 1.54) is 0 Å². The predicted molar refractivity (Wildman–Crippen MR) is 80.0 cm³/mol. The van der Waals surface area contributed by atoms with Gasteiger partial charge in [-0.05, 0) is 47.0 Å². The molecule has 0 saturated heterocycles. The minimum Gasteiger partial charge on any atom is -0.493 e. The molecule has 0 radical (unpaired) electrons. The first kappa shape index (κ1) is 16.3. The molecule has 1 rings (SSSR count). The van der Waals surface area contributed by atoms with Crippen LogP contribution >= 0.6 is 15.9 Å². The molecule has 0 amide bonds. The molecule has 0 aromatic heterocycles. The van der Waals surface area contributed by atoms with Crippen LogP contribution in [0.3, 0.4) is 0 Å². The maximum atomic E-state index is 5.82. The Balaban J connectivity index is 2.79. The van der Waals surface area contributed by atoms with Crippen molar-refractivity contribution in [2.45, 2.75) is 25.8 Å². The number of nitrogens with two attached hydrogens (primary N) is 1. The molecule has 0 fully saturated rings. The van der Waals surface area contributed by atoms with Gasteiger partial charge in [0.25, 0.3) is 0 Å². The Morgan fingerprint density at radius 2 is 2.00 bits per heavy atom. The highest BCUT2D eigenvalue weighted by atomic mass is 79.9. The van der Waals surface area contributed by atoms with Crippen molar-refractivity contribution in [1.29, 1.82) is 0 Å². The van der Waals surface area contributed by atoms with Gasteiger partial charge < -0.3 is 19.9 Å². The van der Waals surface area contributed by atoms with E-state index in [1.54, 1.807) is 14.2 Å². The van der Waals surface area contributed by atoms with E-state index in [4.69, 9.17) is 19.9 Å². The third-order valence-corrected chi connectivity index (χ3v) is 3.18. The van der Waals surface area contributed by atoms with Gasteiger partial charge in [0, 0.05) is 26.2 Å². The van der Waals surface area contributed by atoms with Crippen molar-refractivity contribution < 1.29 is 14.2 Å². The molecular weight excluding hydrogens is 310 g/mol. The maximum absolute atomic E-state index is 5.82. The second-order valence-electron chi connectivity index (χ2n) is 4.49. The van der Waals surface area contributed by atoms with Crippen molar-refractivity contribution in [3.8, 4) is 11.5 Å². The summed E-state index contributed by atoms with van der Waals surface area (Å²) in [6.45, 7) is 3.26. The van der Waals surface area contributed by atoms with E-state index in [1.807, 2.05) is 19.1 Å². The van der Waals surface area contributed by atoms with Crippen molar-refractivity contribution in [3.05, 3.63) is 22.2 Å². The largest absolute Gasteiger partial charge is 0.493 e. The number of halogens is 1. The number of benzene rings is 1. The van der Waals surface area contributed by atoms with Gasteiger partial charge in [0.1, 0.15) is 0 Å². The molecule has 1 atom stereocenters. The van der Waals surface area contributed by atoms with Crippen LogP contribution in [-0.4, -0.2) is 33.5 Å². The molecule has 0 aliphatic carbocycles. The van der Waals surface area contributed by atoms with Gasteiger partial charge in [-0.3, -0.25) is 0 Å². The van der Waals surface area contributed by atoms with Crippen LogP contribution in [0.15, 0.2) is 16.6 Å². The van der Waals surface area contributed by atoms with E-state index < -0.39 is 0 Å². The molecule has 0 saturated carbocycles. The summed E-state index contributed by atoms with van der Waals surface area (Å²) < 4.78 is 17.0. The summed E-state index contributed by atoms with van der Waals surface area (Å²) >= 11 is 3.52. The van der Waals surface area contributed by atoms with E-state index in [-0.39, 0.29) is 6.04 Å². The SMILES string of the molecule is COCCCOc1c(Br)cc(CC(C)N)cc1OC. The molecule has 1 unspecified atom stereocenters. The number of hydrogen-bond donors (Lipinski definition) is 1. The van der Waals surface area contributed by atoms with E-state index >= 15 is 0 Å². The lowest BCUT2D eigenvalue weighted by Gasteiger charge is -2.15. The minimum absolute atomic E-state index is 0.116. The lowest BCUT2D eigenvalue weighted by Crippen LogP contribution is -2.17. The van der Waals surface area contributed by atoms with Crippen LogP contribution < -0.4 is 15.2 Å². The topological polar surface area (TPSA) is 53.7 Å². The van der Waals surface area contributed by atoms with Crippen molar-refractivity contribution in [2.75, 3.05) is 27.4 Å². The number of hydrogen-bond acceptors (Lipinski definition) is 4. The number of methoxy groups -OCH3 is 2. The van der Waals surface area contributed by atoms with E-state index in [0.29, 0.717) is 13.2 Å². The van der Waals surface area contributed by atoms with E-state index in [0.717, 1.165) is 34.4 Å². The lowest BCUT2D eigenvalue weighted by atomic mass is 10.1. The van der Waals surface area contributed by atoms with E-state index in [9.17, 15) is 0 Å². The average Bonchev–Trinajstić information content (AvgIpc) is 2.35. The maximum Gasteiger partial charge on any atom is 0.175 e. The van der Waals surface area contributed by atoms with Gasteiger partial charge in [0.15, 0.2) is 11.5 Å². The fourth-order valence-electron chi connectivity index (χ4n) is 1.78. The Labute approximate surface area is 123 Å². The zero-order valence-corrected chi connectivity index (χ0v) is 13.3. The molecular formula is C14H22BrNO3. The molecule has 19 heavy (non-hydrogen) atoms. The predicted octanol–water partition coefficient (Wildman–Crippen LogP) is 2.76. The van der Waals surface area contributed by atoms with Gasteiger partial charge in [-0.1, -0.05) is 0 Å². The quantitative estimate of drug-likeness (QED) is 0.744. The fourth-order valence-corrected chi connectivity index (χ4v) is 2.38. The molecule has 2 N–H and O–H groups in total. The van der Waals surface area contributed by atoms with Crippen molar-refractivity contribution in [3.63, 3.8) is 0 Å². The van der Waals surface area contributed by atoms with Crippen LogP contribution in [0.4, 0.5) is 0 Å². The first-order valence-corrected chi connectivity index (χ1v) is 7.11. The number of rotatable bonds is 8. The summed E-state index contributed by atoms with van der Waals surface area (Å²) in [6.07, 6.45) is 1.65. The molecule has 0 heterocycles. The molecule has 4 nitrogen and oxygen atoms in total. The molecule has 108 valence electrons. The lowest BCUT2D eigenvalue weighted by molar-refractivity contribution is 0.170. The first-order chi connectivity index (χ1) is 9.08. The minimum atomic E-state index is 0.116. The Kier molecular flexibility index (Phi) is 7.20. The Bertz CT molecular complexity index is 397. The molecule has 1 aromatic carbocycles. The van der Waals surface area contributed by atoms with Gasteiger partial charge in [-0.2, -0.15) is 0 Å². The third-order valence-electron chi connectivity index (χ3n) is 2.59. The van der Waals surface area contributed by atoms with Gasteiger partial charge >= 0.3 is 0 Å². The van der Waals surface area contributed by atoms with Gasteiger partial charge in [0.05, 0.1) is 18.2 Å². The average molecular weight is 332 g/mol. The summed E-state index contributed by atoms with van der Waals surface area (Å²) in [5.41, 5.74) is 6.94. The van der Waals surface area contributed by atoms with Crippen LogP contribution in [0.5, 0.6) is 11.5 Å². The monoisotopic (exact) mass is 331 g/mol. The summed E-state index contributed by atoms with van der Waals surface area (Å²) in [7, 11) is 3.32. The smallest absolute Gasteiger partial charge is 0.175 e. The highest BCUT2D eigenvalue weighted by molar-refractivity contribution is 9.10. The van der Waals surface area contributed by atoms with Crippen molar-refractivity contribution >= 4 is 15.9 Å². The zero-order valence-electron chi connectivity index (χ0n) is 11.7. The van der Waals surface area contributed by atoms with Gasteiger partial charge in [0.2, 0.25) is 0 Å². The van der Waals surface area contributed by atoms with Crippen LogP contribution in [0.1, 0.15) is 18.9 Å². The Morgan fingerprint density at radius 1 is 1.26 bits per heavy atom. The van der Waals surface area contributed by atoms with Gasteiger partial charge in [-0.15, -0.1) is 0 Å². The first-order valence-electron chi connectivity index (χ1n) is 6.32. The van der Waals surface area contributed by atoms with Crippen LogP contribution in [0, 0.1) is 0 Å². The van der Waals surface area contributed by atoms with Crippen LogP contribution in [-0.2, 0) is 11.2 Å². The van der Waals surface area contributed by atoms with Crippen LogP contribution in [0.25, 0.3) is 0 Å². The standard InChI is InChI=1S/C14H22BrNO3/c1-10(16)7-11-8-12(15)14(13(9-11)18-3)19-6-4-5-17-2/h8-10H,4-7,16H2,1-3H3. The Hall–Kier alpha value is -0.780. The Morgan fingerprint density at radius 3 is 2.58 bits per heavy atom. The molecule has 0 spiro atoms. The van der Waals surface area contributed by atoms with Crippen LogP contribution in [0.2, 0.25) is 0 Å². The third kappa shape index (κ3) is 5.38. The molecule has 0 bridgehead atoms. The highest BCUT2D eigenvalue weighted by Crippen LogP contribution is 2.37. The normalized spacial score (nSPS) is 12.3. The molecule has 0 aliphatic rings. The second kappa shape index (κ2) is 8.40. The second-order valence-corrected chi connectivity index (χ2v) is 5.34. The zero-order chi connectivity index (χ0) is 14.3. The van der Waals surface area contributed by atoms with Crippen molar-refractivity contribution in [1.82, 2.24) is 0 Å². The van der Waals surface area contributed by atoms with Crippen molar-refractivity contribution in [2.24, 2.45) is 5.73 Å². The highest BCUT2D eigenvalue weighted by Gasteiger charge is 2.12. The molecule has 5 heteroatoms. The van der Waals surface area contributed by atoms with Gasteiger partial charge in [-0.25, -0.2) is 0 Å². The summed E-state index contributed by atoms with van der Waals surface area (Å²) in [6, 6.07) is 4.11. The number of ether oxygens (including phenoxy) is 3. The van der Waals surface area contributed by atoms with E-state index in [2.05, 4.69) is 15.9 Å². The molecule has 1 aromatic rings. The fraction of sp³-hybridized carbons (Fsp3) is 0.571. The summed E-state index contributed by atoms with van der Waals surface area (Å²) in [5, 5.41) is 0. The summed E-state index contributed by atoms with van der Waals surface area (Å²) in [5.74, 6) is 1.45.